The molecular formula is C14H23N7. The van der Waals surface area contributed by atoms with E-state index in [1.54, 1.807) is 6.20 Å². The second-order valence-corrected chi connectivity index (χ2v) is 5.72. The summed E-state index contributed by atoms with van der Waals surface area (Å²) in [5.74, 6) is 7.67. The maximum atomic E-state index is 5.47. The van der Waals surface area contributed by atoms with Gasteiger partial charge >= 0.3 is 0 Å². The monoisotopic (exact) mass is 289 g/mol. The van der Waals surface area contributed by atoms with E-state index in [4.69, 9.17) is 5.84 Å². The van der Waals surface area contributed by atoms with E-state index < -0.39 is 0 Å². The highest BCUT2D eigenvalue weighted by Crippen LogP contribution is 2.28. The third-order valence-electron chi connectivity index (χ3n) is 4.26. The van der Waals surface area contributed by atoms with Crippen molar-refractivity contribution in [1.29, 1.82) is 0 Å². The Labute approximate surface area is 124 Å². The number of hydrazine groups is 1. The Hall–Kier alpha value is -1.89. The Kier molecular flexibility index (Phi) is 4.19. The van der Waals surface area contributed by atoms with Crippen LogP contribution < -0.4 is 16.2 Å². The average Bonchev–Trinajstić information content (AvgIpc) is 2.86. The van der Waals surface area contributed by atoms with Gasteiger partial charge in [0, 0.05) is 13.1 Å². The normalized spacial score (nSPS) is 19.7. The molecule has 114 valence electrons. The summed E-state index contributed by atoms with van der Waals surface area (Å²) in [7, 11) is 0. The highest BCUT2D eigenvalue weighted by Gasteiger charge is 2.20. The van der Waals surface area contributed by atoms with E-state index >= 15 is 0 Å². The van der Waals surface area contributed by atoms with Crippen molar-refractivity contribution < 1.29 is 0 Å². The summed E-state index contributed by atoms with van der Waals surface area (Å²) in [5, 5.41) is 7.93. The molecule has 7 nitrogen and oxygen atoms in total. The van der Waals surface area contributed by atoms with E-state index in [1.165, 1.54) is 32.1 Å². The summed E-state index contributed by atoms with van der Waals surface area (Å²) in [4.78, 5) is 11.2. The number of nitrogens with zero attached hydrogens (tertiary/aromatic N) is 4. The molecule has 1 atom stereocenters. The molecule has 2 aromatic rings. The molecule has 4 N–H and O–H groups in total. The first-order valence-electron chi connectivity index (χ1n) is 7.74. The van der Waals surface area contributed by atoms with Gasteiger partial charge in [-0.15, -0.1) is 0 Å². The lowest BCUT2D eigenvalue weighted by atomic mass is 9.96. The summed E-state index contributed by atoms with van der Waals surface area (Å²) in [6, 6.07) is 0. The Balaban J connectivity index is 1.87. The molecular weight excluding hydrogens is 266 g/mol. The van der Waals surface area contributed by atoms with Crippen LogP contribution in [0.2, 0.25) is 0 Å². The van der Waals surface area contributed by atoms with Crippen molar-refractivity contribution in [3.63, 3.8) is 0 Å². The molecule has 1 unspecified atom stereocenters. The number of rotatable bonds is 4. The van der Waals surface area contributed by atoms with Crippen LogP contribution >= 0.6 is 0 Å². The summed E-state index contributed by atoms with van der Waals surface area (Å²) in [5.41, 5.74) is 3.26. The van der Waals surface area contributed by atoms with Gasteiger partial charge in [0.2, 0.25) is 5.95 Å². The minimum Gasteiger partial charge on any atom is -0.356 e. The molecule has 1 saturated heterocycles. The number of aromatic nitrogens is 4. The SMILES string of the molecule is CCCC1CCCN(c2nc(NN)nc3[nH]ncc23)CC1. The first-order chi connectivity index (χ1) is 10.3. The van der Waals surface area contributed by atoms with Crippen LogP contribution in [0.1, 0.15) is 39.0 Å². The van der Waals surface area contributed by atoms with Gasteiger partial charge in [-0.05, 0) is 25.2 Å². The van der Waals surface area contributed by atoms with Gasteiger partial charge < -0.3 is 4.90 Å². The van der Waals surface area contributed by atoms with E-state index in [2.05, 4.69) is 37.4 Å². The predicted octanol–water partition coefficient (Wildman–Crippen LogP) is 2.05. The van der Waals surface area contributed by atoms with Crippen LogP contribution in [0.25, 0.3) is 11.0 Å². The van der Waals surface area contributed by atoms with Crippen LogP contribution in [0.3, 0.4) is 0 Å². The summed E-state index contributed by atoms with van der Waals surface area (Å²) >= 11 is 0. The lowest BCUT2D eigenvalue weighted by Gasteiger charge is -2.22. The Morgan fingerprint density at radius 2 is 2.29 bits per heavy atom. The zero-order chi connectivity index (χ0) is 14.7. The molecule has 0 saturated carbocycles. The zero-order valence-electron chi connectivity index (χ0n) is 12.5. The van der Waals surface area contributed by atoms with Crippen LogP contribution in [-0.2, 0) is 0 Å². The van der Waals surface area contributed by atoms with Crippen molar-refractivity contribution in [1.82, 2.24) is 20.2 Å². The van der Waals surface area contributed by atoms with Gasteiger partial charge in [-0.2, -0.15) is 15.1 Å². The van der Waals surface area contributed by atoms with Crippen molar-refractivity contribution in [3.05, 3.63) is 6.20 Å². The largest absolute Gasteiger partial charge is 0.356 e. The first kappa shape index (κ1) is 14.1. The third kappa shape index (κ3) is 2.92. The average molecular weight is 289 g/mol. The highest BCUT2D eigenvalue weighted by atomic mass is 15.3. The quantitative estimate of drug-likeness (QED) is 0.589. The lowest BCUT2D eigenvalue weighted by molar-refractivity contribution is 0.435. The number of fused-ring (bicyclic) bond motifs is 1. The molecule has 0 radical (unpaired) electrons. The van der Waals surface area contributed by atoms with Crippen LogP contribution in [0, 0.1) is 5.92 Å². The number of nitrogen functional groups attached to an aromatic ring is 1. The van der Waals surface area contributed by atoms with Crippen LogP contribution in [0.5, 0.6) is 0 Å². The van der Waals surface area contributed by atoms with Gasteiger partial charge in [0.15, 0.2) is 5.65 Å². The number of hydrogen-bond donors (Lipinski definition) is 3. The van der Waals surface area contributed by atoms with Gasteiger partial charge in [-0.1, -0.05) is 19.8 Å². The molecule has 21 heavy (non-hydrogen) atoms. The molecule has 0 bridgehead atoms. The van der Waals surface area contributed by atoms with Crippen LogP contribution in [0.15, 0.2) is 6.20 Å². The van der Waals surface area contributed by atoms with Gasteiger partial charge in [-0.3, -0.25) is 10.5 Å². The van der Waals surface area contributed by atoms with Gasteiger partial charge in [-0.25, -0.2) is 5.84 Å². The third-order valence-corrected chi connectivity index (χ3v) is 4.26. The molecule has 2 aromatic heterocycles. The predicted molar refractivity (Wildman–Crippen MR) is 84.0 cm³/mol. The maximum absolute atomic E-state index is 5.47. The van der Waals surface area contributed by atoms with Crippen molar-refractivity contribution in [2.45, 2.75) is 39.0 Å². The molecule has 0 aromatic carbocycles. The fourth-order valence-corrected chi connectivity index (χ4v) is 3.20. The molecule has 0 amide bonds. The standard InChI is InChI=1S/C14H23N7/c1-2-4-10-5-3-7-21(8-6-10)13-11-9-16-20-12(11)17-14(18-13)19-15/h9-10H,2-8,15H2,1H3,(H2,16,17,18,19,20). The number of H-pyrrole nitrogens is 1. The smallest absolute Gasteiger partial charge is 0.241 e. The molecule has 3 heterocycles. The number of nitrogens with one attached hydrogen (secondary N) is 2. The number of hydrogen-bond acceptors (Lipinski definition) is 6. The second-order valence-electron chi connectivity index (χ2n) is 5.72. The fraction of sp³-hybridized carbons (Fsp3) is 0.643. The number of anilines is 2. The minimum absolute atomic E-state index is 0.427. The molecule has 7 heteroatoms. The number of nitrogens with two attached hydrogens (primary N) is 1. The van der Waals surface area contributed by atoms with Gasteiger partial charge in [0.25, 0.3) is 0 Å². The van der Waals surface area contributed by atoms with Crippen molar-refractivity contribution in [2.24, 2.45) is 11.8 Å². The Morgan fingerprint density at radius 1 is 1.38 bits per heavy atom. The minimum atomic E-state index is 0.427. The van der Waals surface area contributed by atoms with E-state index in [0.717, 1.165) is 35.9 Å². The van der Waals surface area contributed by atoms with E-state index in [0.29, 0.717) is 5.95 Å². The number of aromatic amines is 1. The highest BCUT2D eigenvalue weighted by molar-refractivity contribution is 5.87. The molecule has 1 aliphatic rings. The van der Waals surface area contributed by atoms with E-state index in [-0.39, 0.29) is 0 Å². The van der Waals surface area contributed by atoms with Crippen LogP contribution in [0.4, 0.5) is 11.8 Å². The van der Waals surface area contributed by atoms with E-state index in [1.807, 2.05) is 0 Å². The van der Waals surface area contributed by atoms with Crippen molar-refractivity contribution in [3.8, 4) is 0 Å². The molecule has 0 spiro atoms. The topological polar surface area (TPSA) is 95.8 Å². The van der Waals surface area contributed by atoms with Gasteiger partial charge in [0.1, 0.15) is 5.82 Å². The molecule has 1 aliphatic heterocycles. The van der Waals surface area contributed by atoms with Crippen molar-refractivity contribution in [2.75, 3.05) is 23.4 Å². The van der Waals surface area contributed by atoms with Crippen molar-refractivity contribution >= 4 is 22.8 Å². The zero-order valence-corrected chi connectivity index (χ0v) is 12.5. The summed E-state index contributed by atoms with van der Waals surface area (Å²) < 4.78 is 0. The van der Waals surface area contributed by atoms with Gasteiger partial charge in [0.05, 0.1) is 11.6 Å². The summed E-state index contributed by atoms with van der Waals surface area (Å²) in [6.07, 6.45) is 8.13. The maximum Gasteiger partial charge on any atom is 0.241 e. The Bertz CT molecular complexity index is 594. The first-order valence-corrected chi connectivity index (χ1v) is 7.74. The Morgan fingerprint density at radius 3 is 3.10 bits per heavy atom. The molecule has 3 rings (SSSR count). The molecule has 1 fully saturated rings. The van der Waals surface area contributed by atoms with Crippen LogP contribution in [-0.4, -0.2) is 33.3 Å². The second kappa shape index (κ2) is 6.26. The fourth-order valence-electron chi connectivity index (χ4n) is 3.20. The molecule has 0 aliphatic carbocycles. The van der Waals surface area contributed by atoms with E-state index in [9.17, 15) is 0 Å². The summed E-state index contributed by atoms with van der Waals surface area (Å²) in [6.45, 7) is 4.33. The lowest BCUT2D eigenvalue weighted by Crippen LogP contribution is -2.26.